The van der Waals surface area contributed by atoms with Crippen LogP contribution in [-0.2, 0) is 4.79 Å². The summed E-state index contributed by atoms with van der Waals surface area (Å²) in [6.07, 6.45) is -4.55. The lowest BCUT2D eigenvalue weighted by Gasteiger charge is -2.07. The molecule has 0 aliphatic heterocycles. The van der Waals surface area contributed by atoms with Crippen molar-refractivity contribution in [1.82, 2.24) is 0 Å². The Balaban J connectivity index is 2.77. The van der Waals surface area contributed by atoms with Crippen LogP contribution < -0.4 is 4.74 Å². The van der Waals surface area contributed by atoms with Crippen LogP contribution in [0.1, 0.15) is 0 Å². The lowest BCUT2D eigenvalue weighted by atomic mass is 10.3. The third-order valence-electron chi connectivity index (χ3n) is 1.68. The Morgan fingerprint density at radius 3 is 2.26 bits per heavy atom. The summed E-state index contributed by atoms with van der Waals surface area (Å²) in [6.45, 7) is 0. The van der Waals surface area contributed by atoms with Gasteiger partial charge in [0.25, 0.3) is 0 Å². The van der Waals surface area contributed by atoms with E-state index in [2.05, 4.69) is 15.0 Å². The second kappa shape index (κ2) is 5.85. The molecule has 0 spiro atoms. The van der Waals surface area contributed by atoms with Gasteiger partial charge in [0.1, 0.15) is 12.0 Å². The first-order chi connectivity index (χ1) is 8.81. The Morgan fingerprint density at radius 2 is 1.84 bits per heavy atom. The van der Waals surface area contributed by atoms with E-state index in [1.165, 1.54) is 0 Å². The average molecular weight is 276 g/mol. The van der Waals surface area contributed by atoms with Gasteiger partial charge in [-0.15, -0.1) is 18.3 Å². The maximum Gasteiger partial charge on any atom is 0.573 e. The number of azo groups is 1. The molecule has 0 fully saturated rings. The molecule has 0 saturated heterocycles. The fourth-order valence-corrected chi connectivity index (χ4v) is 0.950. The number of carboxylic acid groups (broad SMARTS) is 1. The van der Waals surface area contributed by atoms with E-state index in [1.807, 2.05) is 0 Å². The summed E-state index contributed by atoms with van der Waals surface area (Å²) in [6, 6.07) is 4.26. The minimum atomic E-state index is -4.79. The summed E-state index contributed by atoms with van der Waals surface area (Å²) in [4.78, 5) is 10.4. The number of aliphatic carboxylic acids is 1. The molecule has 0 aliphatic rings. The number of carbonyl (C=O) groups is 1. The number of nitrogens with zero attached hydrogens (tertiary/aromatic N) is 2. The Kier molecular flexibility index (Phi) is 4.46. The molecule has 0 saturated carbocycles. The monoisotopic (exact) mass is 276 g/mol. The van der Waals surface area contributed by atoms with Gasteiger partial charge in [0.15, 0.2) is 0 Å². The van der Waals surface area contributed by atoms with Gasteiger partial charge < -0.3 is 14.9 Å². The summed E-state index contributed by atoms with van der Waals surface area (Å²) in [5, 5.41) is 23.6. The summed E-state index contributed by atoms with van der Waals surface area (Å²) >= 11 is 0. The number of benzene rings is 1. The van der Waals surface area contributed by atoms with E-state index >= 15 is 0 Å². The predicted molar refractivity (Wildman–Crippen MR) is 56.0 cm³/mol. The second-order valence-electron chi connectivity index (χ2n) is 3.06. The number of hydrogen-bond donors (Lipinski definition) is 2. The molecule has 0 amide bonds. The minimum absolute atomic E-state index is 0.0927. The van der Waals surface area contributed by atoms with Gasteiger partial charge in [-0.05, 0) is 24.3 Å². The summed E-state index contributed by atoms with van der Waals surface area (Å²) in [7, 11) is 0. The van der Waals surface area contributed by atoms with Gasteiger partial charge in [-0.3, -0.25) is 0 Å². The number of ether oxygens (including phenoxy) is 1. The van der Waals surface area contributed by atoms with Gasteiger partial charge >= 0.3 is 12.3 Å². The van der Waals surface area contributed by atoms with E-state index in [0.29, 0.717) is 0 Å². The highest BCUT2D eigenvalue weighted by molar-refractivity contribution is 5.85. The first-order valence-electron chi connectivity index (χ1n) is 4.67. The van der Waals surface area contributed by atoms with Crippen LogP contribution in [0.2, 0.25) is 0 Å². The fraction of sp³-hybridized carbons (Fsp3) is 0.100. The van der Waals surface area contributed by atoms with Crippen LogP contribution in [0.5, 0.6) is 5.75 Å². The topological polar surface area (TPSA) is 91.5 Å². The molecule has 102 valence electrons. The highest BCUT2D eigenvalue weighted by atomic mass is 19.4. The Hall–Kier alpha value is -2.58. The van der Waals surface area contributed by atoms with E-state index in [0.717, 1.165) is 24.3 Å². The number of hydrogen-bond acceptors (Lipinski definition) is 5. The number of aliphatic hydroxyl groups is 1. The van der Waals surface area contributed by atoms with Crippen molar-refractivity contribution in [3.8, 4) is 5.75 Å². The quantitative estimate of drug-likeness (QED) is 0.502. The van der Waals surface area contributed by atoms with Gasteiger partial charge in [-0.1, -0.05) is 0 Å². The second-order valence-corrected chi connectivity index (χ2v) is 3.06. The van der Waals surface area contributed by atoms with E-state index in [1.54, 1.807) is 0 Å². The van der Waals surface area contributed by atoms with Crippen LogP contribution in [0, 0.1) is 0 Å². The molecule has 0 unspecified atom stereocenters. The molecule has 0 heterocycles. The summed E-state index contributed by atoms with van der Waals surface area (Å²) in [5.74, 6) is -1.94. The number of halogens is 3. The highest BCUT2D eigenvalue weighted by Gasteiger charge is 2.30. The molecule has 0 atom stereocenters. The molecular weight excluding hydrogens is 269 g/mol. The summed E-state index contributed by atoms with van der Waals surface area (Å²) < 4.78 is 39.2. The van der Waals surface area contributed by atoms with Gasteiger partial charge in [0.05, 0.1) is 5.69 Å². The molecule has 0 aliphatic carbocycles. The van der Waals surface area contributed by atoms with Gasteiger partial charge in [-0.2, -0.15) is 5.11 Å². The smallest absolute Gasteiger partial charge is 0.513 e. The largest absolute Gasteiger partial charge is 0.573 e. The Labute approximate surface area is 104 Å². The molecule has 6 nitrogen and oxygen atoms in total. The van der Waals surface area contributed by atoms with Crippen molar-refractivity contribution in [3.63, 3.8) is 0 Å². The van der Waals surface area contributed by atoms with Crippen LogP contribution in [0.15, 0.2) is 46.5 Å². The lowest BCUT2D eigenvalue weighted by Crippen LogP contribution is -2.16. The third kappa shape index (κ3) is 5.06. The lowest BCUT2D eigenvalue weighted by molar-refractivity contribution is -0.274. The number of aliphatic hydroxyl groups excluding tert-OH is 1. The van der Waals surface area contributed by atoms with Crippen LogP contribution >= 0.6 is 0 Å². The zero-order valence-corrected chi connectivity index (χ0v) is 9.13. The molecule has 2 N–H and O–H groups in total. The maximum absolute atomic E-state index is 11.9. The highest BCUT2D eigenvalue weighted by Crippen LogP contribution is 2.25. The number of rotatable bonds is 4. The van der Waals surface area contributed by atoms with Gasteiger partial charge in [-0.25, -0.2) is 4.79 Å². The van der Waals surface area contributed by atoms with Crippen molar-refractivity contribution in [1.29, 1.82) is 0 Å². The van der Waals surface area contributed by atoms with E-state index in [4.69, 9.17) is 10.2 Å². The Bertz CT molecular complexity index is 509. The molecule has 1 rings (SSSR count). The fourth-order valence-electron chi connectivity index (χ4n) is 0.950. The van der Waals surface area contributed by atoms with Crippen molar-refractivity contribution >= 4 is 11.7 Å². The molecular formula is C10H7F3N2O4. The van der Waals surface area contributed by atoms with E-state index in [-0.39, 0.29) is 11.9 Å². The van der Waals surface area contributed by atoms with Crippen molar-refractivity contribution < 1.29 is 32.9 Å². The van der Waals surface area contributed by atoms with Crippen LogP contribution in [-0.4, -0.2) is 22.5 Å². The maximum atomic E-state index is 11.9. The molecule has 0 bridgehead atoms. The van der Waals surface area contributed by atoms with Gasteiger partial charge in [0, 0.05) is 0 Å². The Morgan fingerprint density at radius 1 is 1.26 bits per heavy atom. The predicted octanol–water partition coefficient (Wildman–Crippen LogP) is 3.15. The third-order valence-corrected chi connectivity index (χ3v) is 1.68. The normalized spacial score (nSPS) is 12.7. The number of carboxylic acids is 1. The van der Waals surface area contributed by atoms with Crippen LogP contribution in [0.4, 0.5) is 18.9 Å². The van der Waals surface area contributed by atoms with Crippen molar-refractivity contribution in [2.75, 3.05) is 0 Å². The molecule has 9 heteroatoms. The van der Waals surface area contributed by atoms with E-state index in [9.17, 15) is 18.0 Å². The molecule has 19 heavy (non-hydrogen) atoms. The van der Waals surface area contributed by atoms with E-state index < -0.39 is 23.8 Å². The average Bonchev–Trinajstić information content (AvgIpc) is 2.29. The van der Waals surface area contributed by atoms with Crippen LogP contribution in [0.3, 0.4) is 0 Å². The van der Waals surface area contributed by atoms with Crippen molar-refractivity contribution in [3.05, 3.63) is 36.2 Å². The molecule has 1 aromatic carbocycles. The van der Waals surface area contributed by atoms with Crippen molar-refractivity contribution in [2.24, 2.45) is 10.2 Å². The zero-order chi connectivity index (χ0) is 14.5. The SMILES string of the molecule is O=C(O)C(=CO)N=Nc1ccc(OC(F)(F)F)cc1. The van der Waals surface area contributed by atoms with Gasteiger partial charge in [0.2, 0.25) is 5.70 Å². The molecule has 1 aromatic rings. The minimum Gasteiger partial charge on any atom is -0.513 e. The standard InChI is InChI=1S/C10H7F3N2O4/c11-10(12,13)19-7-3-1-6(2-4-7)14-15-8(5-16)9(17)18/h1-5,16H,(H,17,18). The first-order valence-corrected chi connectivity index (χ1v) is 4.67. The first kappa shape index (κ1) is 14.5. The number of alkyl halides is 3. The van der Waals surface area contributed by atoms with Crippen LogP contribution in [0.25, 0.3) is 0 Å². The summed E-state index contributed by atoms with van der Waals surface area (Å²) in [5.41, 5.74) is -0.620. The van der Waals surface area contributed by atoms with Crippen molar-refractivity contribution in [2.45, 2.75) is 6.36 Å². The molecule has 0 aromatic heterocycles. The molecule has 0 radical (unpaired) electrons. The zero-order valence-electron chi connectivity index (χ0n) is 9.13.